The minimum atomic E-state index is -0.515. The number of hydrogen-bond acceptors (Lipinski definition) is 6. The number of rotatable bonds is 8. The molecule has 0 aromatic heterocycles. The number of ether oxygens (including phenoxy) is 2. The zero-order chi connectivity index (χ0) is 15.0. The summed E-state index contributed by atoms with van der Waals surface area (Å²) in [6, 6.07) is 6.25. The first-order chi connectivity index (χ1) is 9.63. The van der Waals surface area contributed by atoms with Gasteiger partial charge in [-0.3, -0.25) is 10.1 Å². The van der Waals surface area contributed by atoms with Gasteiger partial charge in [-0.2, -0.15) is 5.26 Å². The number of hydrogen-bond donors (Lipinski definition) is 0. The highest BCUT2D eigenvalue weighted by atomic mass is 16.6. The first-order valence-corrected chi connectivity index (χ1v) is 6.05. The van der Waals surface area contributed by atoms with E-state index in [4.69, 9.17) is 14.7 Å². The molecule has 1 aromatic carbocycles. The molecule has 1 aromatic rings. The molecule has 0 aliphatic carbocycles. The molecule has 108 valence electrons. The molecule has 0 fully saturated rings. The smallest absolute Gasteiger partial charge is 0.270 e. The van der Waals surface area contributed by atoms with Crippen molar-refractivity contribution in [2.45, 2.75) is 0 Å². The zero-order valence-electron chi connectivity index (χ0n) is 11.5. The molecule has 7 heteroatoms. The summed E-state index contributed by atoms with van der Waals surface area (Å²) >= 11 is 0. The summed E-state index contributed by atoms with van der Waals surface area (Å²) in [4.78, 5) is 12.1. The van der Waals surface area contributed by atoms with Gasteiger partial charge < -0.3 is 14.4 Å². The van der Waals surface area contributed by atoms with E-state index in [1.165, 1.54) is 12.1 Å². The Labute approximate surface area is 117 Å². The molecule has 0 bridgehead atoms. The molecular weight excluding hydrogens is 262 g/mol. The first kappa shape index (κ1) is 15.9. The lowest BCUT2D eigenvalue weighted by atomic mass is 10.1. The first-order valence-electron chi connectivity index (χ1n) is 6.05. The molecule has 0 unspecified atom stereocenters. The van der Waals surface area contributed by atoms with Crippen LogP contribution in [0.25, 0.3) is 0 Å². The Morgan fingerprint density at radius 2 is 1.90 bits per heavy atom. The third-order valence-corrected chi connectivity index (χ3v) is 2.78. The summed E-state index contributed by atoms with van der Waals surface area (Å²) in [5.74, 6) is 0. The minimum Gasteiger partial charge on any atom is -0.383 e. The van der Waals surface area contributed by atoms with E-state index >= 15 is 0 Å². The maximum Gasteiger partial charge on any atom is 0.270 e. The number of nitriles is 1. The van der Waals surface area contributed by atoms with Crippen LogP contribution in [0.5, 0.6) is 0 Å². The van der Waals surface area contributed by atoms with Crippen LogP contribution in [0, 0.1) is 21.4 Å². The van der Waals surface area contributed by atoms with E-state index in [0.29, 0.717) is 32.0 Å². The molecule has 0 amide bonds. The fraction of sp³-hybridized carbons (Fsp3) is 0.462. The number of methoxy groups -OCH3 is 2. The molecule has 0 aliphatic heterocycles. The lowest BCUT2D eigenvalue weighted by molar-refractivity contribution is -0.384. The van der Waals surface area contributed by atoms with E-state index < -0.39 is 4.92 Å². The molecule has 1 rings (SSSR count). The van der Waals surface area contributed by atoms with Crippen LogP contribution >= 0.6 is 0 Å². The topological polar surface area (TPSA) is 88.6 Å². The number of anilines is 1. The maximum absolute atomic E-state index is 10.7. The van der Waals surface area contributed by atoms with Crippen molar-refractivity contribution in [1.82, 2.24) is 0 Å². The summed E-state index contributed by atoms with van der Waals surface area (Å²) in [6.07, 6.45) is 0. The molecule has 0 radical (unpaired) electrons. The van der Waals surface area contributed by atoms with E-state index in [-0.39, 0.29) is 11.3 Å². The molecule has 0 N–H and O–H groups in total. The molecule has 0 heterocycles. The highest BCUT2D eigenvalue weighted by molar-refractivity contribution is 5.63. The van der Waals surface area contributed by atoms with Gasteiger partial charge in [-0.25, -0.2) is 0 Å². The number of nitro groups is 1. The van der Waals surface area contributed by atoms with Crippen LogP contribution in [0.15, 0.2) is 18.2 Å². The molecule has 7 nitrogen and oxygen atoms in total. The van der Waals surface area contributed by atoms with Gasteiger partial charge in [0.15, 0.2) is 0 Å². The van der Waals surface area contributed by atoms with Crippen LogP contribution in [0.4, 0.5) is 11.4 Å². The van der Waals surface area contributed by atoms with Gasteiger partial charge in [-0.1, -0.05) is 0 Å². The predicted molar refractivity (Wildman–Crippen MR) is 73.8 cm³/mol. The normalized spacial score (nSPS) is 10.1. The third kappa shape index (κ3) is 4.19. The van der Waals surface area contributed by atoms with Gasteiger partial charge in [-0.15, -0.1) is 0 Å². The van der Waals surface area contributed by atoms with Crippen molar-refractivity contribution in [3.63, 3.8) is 0 Å². The summed E-state index contributed by atoms with van der Waals surface area (Å²) in [5.41, 5.74) is 0.822. The van der Waals surface area contributed by atoms with Crippen molar-refractivity contribution in [2.24, 2.45) is 0 Å². The van der Waals surface area contributed by atoms with Crippen LogP contribution in [0.3, 0.4) is 0 Å². The number of nitro benzene ring substituents is 1. The number of nitrogens with zero attached hydrogens (tertiary/aromatic N) is 3. The van der Waals surface area contributed by atoms with E-state index in [1.54, 1.807) is 20.3 Å². The SMILES string of the molecule is COCCN(CCOC)c1ccc([N+](=O)[O-])cc1C#N. The van der Waals surface area contributed by atoms with Crippen molar-refractivity contribution in [3.8, 4) is 6.07 Å². The Bertz CT molecular complexity index is 491. The van der Waals surface area contributed by atoms with Crippen LogP contribution in [0.1, 0.15) is 5.56 Å². The summed E-state index contributed by atoms with van der Waals surface area (Å²) in [5, 5.41) is 19.9. The average Bonchev–Trinajstić information content (AvgIpc) is 2.47. The fourth-order valence-corrected chi connectivity index (χ4v) is 1.76. The molecule has 0 saturated heterocycles. The summed E-state index contributed by atoms with van der Waals surface area (Å²) in [7, 11) is 3.19. The van der Waals surface area contributed by atoms with Crippen LogP contribution in [0.2, 0.25) is 0 Å². The molecule has 0 saturated carbocycles. The molecule has 0 aliphatic rings. The van der Waals surface area contributed by atoms with Crippen LogP contribution < -0.4 is 4.90 Å². The van der Waals surface area contributed by atoms with E-state index in [2.05, 4.69) is 0 Å². The molecule has 20 heavy (non-hydrogen) atoms. The van der Waals surface area contributed by atoms with Crippen LogP contribution in [-0.4, -0.2) is 45.4 Å². The quantitative estimate of drug-likeness (QED) is 0.530. The van der Waals surface area contributed by atoms with Gasteiger partial charge in [0, 0.05) is 39.4 Å². The standard InChI is InChI=1S/C13H17N3O4/c1-19-7-5-15(6-8-20-2)13-4-3-12(16(17)18)9-11(13)10-14/h3-4,9H,5-8H2,1-2H3. The van der Waals surface area contributed by atoms with Gasteiger partial charge in [0.25, 0.3) is 5.69 Å². The Hall–Kier alpha value is -2.17. The molecule has 0 spiro atoms. The molecule has 0 atom stereocenters. The lowest BCUT2D eigenvalue weighted by Gasteiger charge is -2.25. The zero-order valence-corrected chi connectivity index (χ0v) is 11.5. The van der Waals surface area contributed by atoms with E-state index in [9.17, 15) is 10.1 Å². The van der Waals surface area contributed by atoms with Crippen molar-refractivity contribution in [2.75, 3.05) is 45.4 Å². The summed E-state index contributed by atoms with van der Waals surface area (Å²) in [6.45, 7) is 2.13. The Morgan fingerprint density at radius 1 is 1.30 bits per heavy atom. The number of non-ortho nitro benzene ring substituents is 1. The Kier molecular flexibility index (Phi) is 6.43. The second-order valence-electron chi connectivity index (χ2n) is 4.04. The highest BCUT2D eigenvalue weighted by Crippen LogP contribution is 2.24. The van der Waals surface area contributed by atoms with E-state index in [0.717, 1.165) is 0 Å². The van der Waals surface area contributed by atoms with Crippen LogP contribution in [-0.2, 0) is 9.47 Å². The fourth-order valence-electron chi connectivity index (χ4n) is 1.76. The van der Waals surface area contributed by atoms with Crippen molar-refractivity contribution >= 4 is 11.4 Å². The summed E-state index contributed by atoms with van der Waals surface area (Å²) < 4.78 is 10.1. The highest BCUT2D eigenvalue weighted by Gasteiger charge is 2.15. The largest absolute Gasteiger partial charge is 0.383 e. The Balaban J connectivity index is 3.05. The van der Waals surface area contributed by atoms with Gasteiger partial charge in [0.05, 0.1) is 29.4 Å². The minimum absolute atomic E-state index is 0.0938. The van der Waals surface area contributed by atoms with Crippen molar-refractivity contribution in [1.29, 1.82) is 5.26 Å². The second kappa shape index (κ2) is 8.09. The second-order valence-corrected chi connectivity index (χ2v) is 4.04. The van der Waals surface area contributed by atoms with Gasteiger partial charge >= 0.3 is 0 Å². The van der Waals surface area contributed by atoms with Gasteiger partial charge in [0.2, 0.25) is 0 Å². The van der Waals surface area contributed by atoms with Gasteiger partial charge in [-0.05, 0) is 6.07 Å². The average molecular weight is 279 g/mol. The molecular formula is C13H17N3O4. The third-order valence-electron chi connectivity index (χ3n) is 2.78. The van der Waals surface area contributed by atoms with Crippen molar-refractivity contribution < 1.29 is 14.4 Å². The van der Waals surface area contributed by atoms with Crippen molar-refractivity contribution in [3.05, 3.63) is 33.9 Å². The van der Waals surface area contributed by atoms with Gasteiger partial charge in [0.1, 0.15) is 6.07 Å². The van der Waals surface area contributed by atoms with E-state index in [1.807, 2.05) is 11.0 Å². The number of benzene rings is 1. The monoisotopic (exact) mass is 279 g/mol. The predicted octanol–water partition coefficient (Wildman–Crippen LogP) is 1.57. The lowest BCUT2D eigenvalue weighted by Crippen LogP contribution is -2.31. The maximum atomic E-state index is 10.7. The Morgan fingerprint density at radius 3 is 2.35 bits per heavy atom.